The summed E-state index contributed by atoms with van der Waals surface area (Å²) in [4.78, 5) is 47.9. The summed E-state index contributed by atoms with van der Waals surface area (Å²) in [7, 11) is 0. The Bertz CT molecular complexity index is 841. The van der Waals surface area contributed by atoms with Gasteiger partial charge in [0.25, 0.3) is 0 Å². The molecule has 33 heavy (non-hydrogen) atoms. The highest BCUT2D eigenvalue weighted by Crippen LogP contribution is 2.13. The topological polar surface area (TPSA) is 143 Å². The van der Waals surface area contributed by atoms with E-state index in [9.17, 15) is 19.2 Å². The molecule has 4 N–H and O–H groups in total. The number of benzene rings is 1. The van der Waals surface area contributed by atoms with Gasteiger partial charge in [-0.3, -0.25) is 4.79 Å². The summed E-state index contributed by atoms with van der Waals surface area (Å²) in [5.74, 6) is -1.63. The SMILES string of the molecule is CC(C)(C)OC(=O)NCCCC[C@@H](NC(=O)OC(C)(C)C)C(=O)Nc1cccc(C(=O)O)c1. The number of carboxylic acids is 1. The van der Waals surface area contributed by atoms with Crippen LogP contribution >= 0.6 is 0 Å². The standard InChI is InChI=1S/C23H35N3O7/c1-22(2,3)32-20(30)24-13-8-7-12-17(26-21(31)33-23(4,5)6)18(27)25-16-11-9-10-15(14-16)19(28)29/h9-11,14,17H,7-8,12-13H2,1-6H3,(H,24,30)(H,25,27)(H,26,31)(H,28,29)/t17-/m1/s1. The predicted molar refractivity (Wildman–Crippen MR) is 123 cm³/mol. The van der Waals surface area contributed by atoms with Crippen LogP contribution < -0.4 is 16.0 Å². The van der Waals surface area contributed by atoms with Crippen LogP contribution in [0.15, 0.2) is 24.3 Å². The molecule has 184 valence electrons. The Kier molecular flexibility index (Phi) is 10.2. The van der Waals surface area contributed by atoms with Crippen molar-refractivity contribution in [3.05, 3.63) is 29.8 Å². The normalized spacial score (nSPS) is 12.3. The number of aromatic carboxylic acids is 1. The number of rotatable bonds is 9. The highest BCUT2D eigenvalue weighted by atomic mass is 16.6. The minimum Gasteiger partial charge on any atom is -0.478 e. The first-order chi connectivity index (χ1) is 15.2. The van der Waals surface area contributed by atoms with Gasteiger partial charge in [0.05, 0.1) is 5.56 Å². The van der Waals surface area contributed by atoms with Gasteiger partial charge in [0.2, 0.25) is 5.91 Å². The zero-order valence-electron chi connectivity index (χ0n) is 20.1. The molecule has 10 nitrogen and oxygen atoms in total. The third-order valence-corrected chi connectivity index (χ3v) is 3.97. The van der Waals surface area contributed by atoms with Crippen LogP contribution in [0.1, 0.15) is 71.2 Å². The predicted octanol–water partition coefficient (Wildman–Crippen LogP) is 3.91. The minimum absolute atomic E-state index is 0.0256. The van der Waals surface area contributed by atoms with Crippen molar-refractivity contribution in [1.82, 2.24) is 10.6 Å². The molecular formula is C23H35N3O7. The third kappa shape index (κ3) is 12.4. The summed E-state index contributed by atoms with van der Waals surface area (Å²) in [6.45, 7) is 10.8. The van der Waals surface area contributed by atoms with Gasteiger partial charge >= 0.3 is 18.2 Å². The summed E-state index contributed by atoms with van der Waals surface area (Å²) in [6.07, 6.45) is 0.0716. The van der Waals surface area contributed by atoms with Crippen LogP contribution in [0.2, 0.25) is 0 Å². The Balaban J connectivity index is 2.71. The zero-order valence-corrected chi connectivity index (χ0v) is 20.1. The number of alkyl carbamates (subject to hydrolysis) is 2. The summed E-state index contributed by atoms with van der Waals surface area (Å²) >= 11 is 0. The number of anilines is 1. The monoisotopic (exact) mass is 465 g/mol. The molecule has 0 saturated carbocycles. The van der Waals surface area contributed by atoms with E-state index in [4.69, 9.17) is 14.6 Å². The minimum atomic E-state index is -1.12. The molecule has 0 fully saturated rings. The molecule has 1 aromatic rings. The number of unbranched alkanes of at least 4 members (excludes halogenated alkanes) is 1. The number of hydrogen-bond donors (Lipinski definition) is 4. The van der Waals surface area contributed by atoms with E-state index in [0.29, 0.717) is 25.1 Å². The number of ether oxygens (including phenoxy) is 2. The zero-order chi connectivity index (χ0) is 25.2. The maximum absolute atomic E-state index is 12.8. The van der Waals surface area contributed by atoms with Crippen LogP contribution in [0.5, 0.6) is 0 Å². The van der Waals surface area contributed by atoms with Crippen LogP contribution in [0.4, 0.5) is 15.3 Å². The molecule has 0 unspecified atom stereocenters. The number of carboxylic acid groups (broad SMARTS) is 1. The first-order valence-corrected chi connectivity index (χ1v) is 10.8. The van der Waals surface area contributed by atoms with Crippen molar-refractivity contribution >= 4 is 29.8 Å². The lowest BCUT2D eigenvalue weighted by Gasteiger charge is -2.23. The van der Waals surface area contributed by atoms with Crippen molar-refractivity contribution in [1.29, 1.82) is 0 Å². The number of carbonyl (C=O) groups excluding carboxylic acids is 3. The second kappa shape index (κ2) is 12.1. The largest absolute Gasteiger partial charge is 0.478 e. The molecule has 0 bridgehead atoms. The number of hydrogen-bond acceptors (Lipinski definition) is 6. The van der Waals surface area contributed by atoms with Gasteiger partial charge in [-0.2, -0.15) is 0 Å². The second-order valence-corrected chi connectivity index (χ2v) is 9.50. The highest BCUT2D eigenvalue weighted by Gasteiger charge is 2.24. The van der Waals surface area contributed by atoms with E-state index >= 15 is 0 Å². The van der Waals surface area contributed by atoms with Crippen LogP contribution in [0, 0.1) is 0 Å². The average Bonchev–Trinajstić information content (AvgIpc) is 2.64. The molecule has 10 heteroatoms. The van der Waals surface area contributed by atoms with Crippen LogP contribution in [0.3, 0.4) is 0 Å². The Morgan fingerprint density at radius 3 is 2.12 bits per heavy atom. The van der Waals surface area contributed by atoms with E-state index in [2.05, 4.69) is 16.0 Å². The van der Waals surface area contributed by atoms with Gasteiger partial charge in [-0.15, -0.1) is 0 Å². The third-order valence-electron chi connectivity index (χ3n) is 3.97. The molecule has 1 aromatic carbocycles. The van der Waals surface area contributed by atoms with E-state index < -0.39 is 41.3 Å². The number of nitrogens with one attached hydrogen (secondary N) is 3. The van der Waals surface area contributed by atoms with E-state index in [1.807, 2.05) is 0 Å². The van der Waals surface area contributed by atoms with Crippen LogP contribution in [-0.4, -0.2) is 53.0 Å². The van der Waals surface area contributed by atoms with E-state index in [1.165, 1.54) is 18.2 Å². The summed E-state index contributed by atoms with van der Waals surface area (Å²) in [6, 6.07) is 4.88. The maximum Gasteiger partial charge on any atom is 0.408 e. The van der Waals surface area contributed by atoms with E-state index in [0.717, 1.165) is 0 Å². The van der Waals surface area contributed by atoms with Gasteiger partial charge in [-0.05, 0) is 79.0 Å². The summed E-state index contributed by atoms with van der Waals surface area (Å²) < 4.78 is 10.4. The van der Waals surface area contributed by atoms with Crippen LogP contribution in [-0.2, 0) is 14.3 Å². The van der Waals surface area contributed by atoms with Crippen molar-refractivity contribution in [3.8, 4) is 0 Å². The molecule has 0 aliphatic rings. The fraction of sp³-hybridized carbons (Fsp3) is 0.565. The van der Waals surface area contributed by atoms with Crippen LogP contribution in [0.25, 0.3) is 0 Å². The van der Waals surface area contributed by atoms with Gasteiger partial charge < -0.3 is 30.5 Å². The Hall–Kier alpha value is -3.30. The molecule has 0 aliphatic heterocycles. The molecule has 0 aromatic heterocycles. The fourth-order valence-corrected chi connectivity index (χ4v) is 2.66. The molecule has 0 spiro atoms. The average molecular weight is 466 g/mol. The molecule has 0 aliphatic carbocycles. The van der Waals surface area contributed by atoms with Gasteiger partial charge in [0.1, 0.15) is 17.2 Å². The smallest absolute Gasteiger partial charge is 0.408 e. The van der Waals surface area contributed by atoms with Crippen molar-refractivity contribution in [2.24, 2.45) is 0 Å². The first-order valence-electron chi connectivity index (χ1n) is 10.8. The molecule has 0 radical (unpaired) electrons. The maximum atomic E-state index is 12.8. The van der Waals surface area contributed by atoms with Crippen molar-refractivity contribution < 1.29 is 33.8 Å². The Labute approximate surface area is 194 Å². The van der Waals surface area contributed by atoms with Crippen molar-refractivity contribution in [3.63, 3.8) is 0 Å². The summed E-state index contributed by atoms with van der Waals surface area (Å²) in [5, 5.41) is 17.0. The van der Waals surface area contributed by atoms with Gasteiger partial charge in [-0.1, -0.05) is 6.07 Å². The molecule has 0 heterocycles. The highest BCUT2D eigenvalue weighted by molar-refractivity contribution is 5.97. The summed E-state index contributed by atoms with van der Waals surface area (Å²) in [5.41, 5.74) is -1.01. The van der Waals surface area contributed by atoms with Crippen molar-refractivity contribution in [2.45, 2.75) is 78.0 Å². The Morgan fingerprint density at radius 2 is 1.55 bits per heavy atom. The molecule has 1 rings (SSSR count). The lowest BCUT2D eigenvalue weighted by atomic mass is 10.1. The Morgan fingerprint density at radius 1 is 0.939 bits per heavy atom. The van der Waals surface area contributed by atoms with E-state index in [1.54, 1.807) is 47.6 Å². The molecule has 1 atom stereocenters. The quantitative estimate of drug-likeness (QED) is 0.405. The van der Waals surface area contributed by atoms with Crippen molar-refractivity contribution in [2.75, 3.05) is 11.9 Å². The fourth-order valence-electron chi connectivity index (χ4n) is 2.66. The second-order valence-electron chi connectivity index (χ2n) is 9.50. The lowest BCUT2D eigenvalue weighted by Crippen LogP contribution is -2.45. The molecule has 3 amide bonds. The number of carbonyl (C=O) groups is 4. The van der Waals surface area contributed by atoms with Gasteiger partial charge in [0, 0.05) is 12.2 Å². The van der Waals surface area contributed by atoms with Gasteiger partial charge in [-0.25, -0.2) is 14.4 Å². The van der Waals surface area contributed by atoms with E-state index in [-0.39, 0.29) is 12.0 Å². The molecule has 0 saturated heterocycles. The molecular weight excluding hydrogens is 430 g/mol. The first kappa shape index (κ1) is 27.7. The number of amides is 3. The lowest BCUT2D eigenvalue weighted by molar-refractivity contribution is -0.118. The van der Waals surface area contributed by atoms with Gasteiger partial charge in [0.15, 0.2) is 0 Å².